The van der Waals surface area contributed by atoms with Crippen LogP contribution in [-0.2, 0) is 14.3 Å². The first-order valence-corrected chi connectivity index (χ1v) is 13.3. The van der Waals surface area contributed by atoms with Crippen LogP contribution >= 0.6 is 11.6 Å². The number of halogens is 2. The van der Waals surface area contributed by atoms with Crippen molar-refractivity contribution in [1.29, 1.82) is 0 Å². The van der Waals surface area contributed by atoms with Crippen LogP contribution in [0, 0.1) is 22.7 Å². The third kappa shape index (κ3) is 3.50. The molecule has 0 spiro atoms. The summed E-state index contributed by atoms with van der Waals surface area (Å²) in [5.41, 5.74) is -5.56. The van der Waals surface area contributed by atoms with Crippen molar-refractivity contribution in [2.75, 3.05) is 12.5 Å². The van der Waals surface area contributed by atoms with E-state index >= 15 is 4.39 Å². The van der Waals surface area contributed by atoms with Gasteiger partial charge in [-0.3, -0.25) is 14.4 Å². The maximum atomic E-state index is 17.3. The van der Waals surface area contributed by atoms with Crippen LogP contribution in [0.5, 0.6) is 0 Å². The van der Waals surface area contributed by atoms with E-state index in [1.807, 2.05) is 0 Å². The molecule has 4 aliphatic carbocycles. The number of allylic oxidation sites excluding steroid dienone is 4. The molecule has 0 aromatic heterocycles. The Morgan fingerprint density at radius 3 is 2.57 bits per heavy atom. The van der Waals surface area contributed by atoms with E-state index in [0.29, 0.717) is 24.0 Å². The van der Waals surface area contributed by atoms with Gasteiger partial charge in [0.2, 0.25) is 0 Å². The molecule has 1 aromatic carbocycles. The molecule has 198 valence electrons. The van der Waals surface area contributed by atoms with Crippen molar-refractivity contribution in [2.45, 2.75) is 63.0 Å². The zero-order chi connectivity index (χ0) is 26.8. The lowest BCUT2D eigenvalue weighted by Crippen LogP contribution is -2.69. The first kappa shape index (κ1) is 26.4. The summed E-state index contributed by atoms with van der Waals surface area (Å²) >= 11 is 5.95. The van der Waals surface area contributed by atoms with Crippen LogP contribution in [-0.4, -0.2) is 63.5 Å². The molecule has 0 aliphatic heterocycles. The summed E-state index contributed by atoms with van der Waals surface area (Å²) in [7, 11) is 0. The predicted octanol–water partition coefficient (Wildman–Crippen LogP) is 3.77. The summed E-state index contributed by atoms with van der Waals surface area (Å²) in [6.07, 6.45) is 2.51. The van der Waals surface area contributed by atoms with Crippen molar-refractivity contribution in [3.63, 3.8) is 0 Å². The van der Waals surface area contributed by atoms with E-state index < -0.39 is 57.8 Å². The van der Waals surface area contributed by atoms with Crippen molar-refractivity contribution < 1.29 is 33.7 Å². The van der Waals surface area contributed by atoms with Gasteiger partial charge in [-0.05, 0) is 50.7 Å². The van der Waals surface area contributed by atoms with Gasteiger partial charge in [0.05, 0.1) is 18.1 Å². The largest absolute Gasteiger partial charge is 0.390 e. The third-order valence-electron chi connectivity index (χ3n) is 9.89. The second-order valence-electron chi connectivity index (χ2n) is 11.4. The Kier molecular flexibility index (Phi) is 6.38. The molecule has 0 radical (unpaired) electrons. The lowest BCUT2D eigenvalue weighted by molar-refractivity contribution is -0.222. The molecule has 0 heterocycles. The quantitative estimate of drug-likeness (QED) is 0.429. The fourth-order valence-corrected chi connectivity index (χ4v) is 8.08. The molecule has 6 nitrogen and oxygen atoms in total. The highest BCUT2D eigenvalue weighted by molar-refractivity contribution is 6.29. The van der Waals surface area contributed by atoms with E-state index in [2.05, 4.69) is 0 Å². The van der Waals surface area contributed by atoms with Gasteiger partial charge in [0.15, 0.2) is 28.6 Å². The van der Waals surface area contributed by atoms with E-state index in [9.17, 15) is 24.6 Å². The molecule has 0 bridgehead atoms. The van der Waals surface area contributed by atoms with Gasteiger partial charge in [-0.2, -0.15) is 0 Å². The normalized spacial score (nSPS) is 42.4. The molecular weight excluding hydrogens is 499 g/mol. The number of aliphatic hydroxyl groups is 2. The number of benzene rings is 1. The fourth-order valence-electron chi connectivity index (χ4n) is 7.87. The van der Waals surface area contributed by atoms with Crippen LogP contribution in [0.1, 0.15) is 49.9 Å². The van der Waals surface area contributed by atoms with E-state index in [0.717, 1.165) is 0 Å². The summed E-state index contributed by atoms with van der Waals surface area (Å²) in [6.45, 7) is 3.04. The number of Topliss-reactive ketones (excluding diaryl/α,β-unsaturated/α-hetero) is 2. The Morgan fingerprint density at radius 2 is 1.89 bits per heavy atom. The van der Waals surface area contributed by atoms with Gasteiger partial charge in [-0.25, -0.2) is 4.39 Å². The first-order valence-electron chi connectivity index (χ1n) is 12.8. The molecule has 1 aromatic rings. The van der Waals surface area contributed by atoms with Gasteiger partial charge in [-0.15, -0.1) is 11.6 Å². The van der Waals surface area contributed by atoms with E-state index in [-0.39, 0.29) is 31.0 Å². The Balaban J connectivity index is 1.51. The molecule has 8 heteroatoms. The van der Waals surface area contributed by atoms with Crippen molar-refractivity contribution in [3.05, 3.63) is 59.7 Å². The SMILES string of the molecule is C[C@]12C=CC(=O)C=C1CC[C@H]1[C@@H]3C[C@@H](OCC(=O)c4ccccc4)[C@](O)(C(=O)CCl)[C@@]3(C)C[C@H](O)C12F. The van der Waals surface area contributed by atoms with Gasteiger partial charge >= 0.3 is 0 Å². The zero-order valence-corrected chi connectivity index (χ0v) is 21.7. The van der Waals surface area contributed by atoms with Gasteiger partial charge in [0.1, 0.15) is 6.61 Å². The van der Waals surface area contributed by atoms with E-state index in [4.69, 9.17) is 16.3 Å². The number of carbonyl (C=O) groups excluding carboxylic acids is 3. The van der Waals surface area contributed by atoms with Crippen LogP contribution in [0.15, 0.2) is 54.1 Å². The highest BCUT2D eigenvalue weighted by Crippen LogP contribution is 2.70. The number of fused-ring (bicyclic) bond motifs is 5. The molecule has 5 rings (SSSR count). The summed E-state index contributed by atoms with van der Waals surface area (Å²) in [4.78, 5) is 38.0. The molecule has 8 atom stereocenters. The van der Waals surface area contributed by atoms with Gasteiger partial charge in [0, 0.05) is 22.3 Å². The second-order valence-corrected chi connectivity index (χ2v) is 11.7. The highest BCUT2D eigenvalue weighted by atomic mass is 35.5. The maximum absolute atomic E-state index is 17.3. The molecular formula is C29H32ClFO6. The zero-order valence-electron chi connectivity index (χ0n) is 21.0. The summed E-state index contributed by atoms with van der Waals surface area (Å²) in [5.74, 6) is -2.90. The number of aliphatic hydroxyl groups excluding tert-OH is 1. The number of alkyl halides is 2. The second kappa shape index (κ2) is 8.94. The first-order chi connectivity index (χ1) is 17.4. The van der Waals surface area contributed by atoms with Crippen molar-refractivity contribution in [3.8, 4) is 0 Å². The smallest absolute Gasteiger partial charge is 0.188 e. The van der Waals surface area contributed by atoms with Gasteiger partial charge < -0.3 is 14.9 Å². The van der Waals surface area contributed by atoms with Crippen molar-refractivity contribution in [1.82, 2.24) is 0 Å². The highest BCUT2D eigenvalue weighted by Gasteiger charge is 2.76. The summed E-state index contributed by atoms with van der Waals surface area (Å²) in [6, 6.07) is 8.56. The average molecular weight is 531 g/mol. The Morgan fingerprint density at radius 1 is 1.19 bits per heavy atom. The Hall–Kier alpha value is -2.19. The van der Waals surface area contributed by atoms with E-state index in [1.54, 1.807) is 50.3 Å². The molecule has 2 N–H and O–H groups in total. The Labute approximate surface area is 220 Å². The molecule has 37 heavy (non-hydrogen) atoms. The topological polar surface area (TPSA) is 101 Å². The number of hydrogen-bond acceptors (Lipinski definition) is 6. The standard InChI is InChI=1S/C29H32ClFO6/c1-26-11-10-19(32)12-18(26)8-9-20-21-13-25(37-16-22(33)17-6-4-3-5-7-17)29(36,24(35)15-30)27(21,2)14-23(34)28(20,26)31/h3-7,10-12,20-21,23,25,34,36H,8-9,13-16H2,1-2H3/t20-,21-,23-,25+,26-,27-,28?,29+/m0/s1. The molecule has 3 saturated carbocycles. The predicted molar refractivity (Wildman–Crippen MR) is 135 cm³/mol. The maximum Gasteiger partial charge on any atom is 0.188 e. The molecule has 0 saturated heterocycles. The molecule has 3 fully saturated rings. The number of rotatable bonds is 6. The lowest BCUT2D eigenvalue weighted by Gasteiger charge is -2.62. The summed E-state index contributed by atoms with van der Waals surface area (Å²) < 4.78 is 23.3. The number of ether oxygens (including phenoxy) is 1. The van der Waals surface area contributed by atoms with Crippen molar-refractivity contribution >= 4 is 29.0 Å². The van der Waals surface area contributed by atoms with Crippen LogP contribution in [0.4, 0.5) is 4.39 Å². The number of hydrogen-bond donors (Lipinski definition) is 2. The fraction of sp³-hybridized carbons (Fsp3) is 0.552. The molecule has 0 amide bonds. The third-order valence-corrected chi connectivity index (χ3v) is 10.1. The average Bonchev–Trinajstić information content (AvgIpc) is 3.11. The van der Waals surface area contributed by atoms with Crippen LogP contribution < -0.4 is 0 Å². The lowest BCUT2D eigenvalue weighted by atomic mass is 9.44. The van der Waals surface area contributed by atoms with Crippen molar-refractivity contribution in [2.24, 2.45) is 22.7 Å². The van der Waals surface area contributed by atoms with Crippen LogP contribution in [0.3, 0.4) is 0 Å². The number of ketones is 3. The van der Waals surface area contributed by atoms with Crippen LogP contribution in [0.25, 0.3) is 0 Å². The minimum absolute atomic E-state index is 0.137. The molecule has 1 unspecified atom stereocenters. The van der Waals surface area contributed by atoms with Crippen LogP contribution in [0.2, 0.25) is 0 Å². The van der Waals surface area contributed by atoms with Gasteiger partial charge in [-0.1, -0.05) is 48.9 Å². The minimum atomic E-state index is -2.11. The summed E-state index contributed by atoms with van der Waals surface area (Å²) in [5, 5.41) is 23.4. The number of carbonyl (C=O) groups is 3. The Bertz CT molecular complexity index is 1200. The van der Waals surface area contributed by atoms with E-state index in [1.165, 1.54) is 12.2 Å². The molecule has 4 aliphatic rings. The van der Waals surface area contributed by atoms with Gasteiger partial charge in [0.25, 0.3) is 0 Å². The minimum Gasteiger partial charge on any atom is -0.390 e. The monoisotopic (exact) mass is 530 g/mol.